The second-order valence-electron chi connectivity index (χ2n) is 4.59. The molecule has 0 atom stereocenters. The van der Waals surface area contributed by atoms with E-state index in [2.05, 4.69) is 10.2 Å². The summed E-state index contributed by atoms with van der Waals surface area (Å²) >= 11 is 0. The number of nitro benzene ring substituents is 1. The third-order valence-corrected chi connectivity index (χ3v) is 3.24. The van der Waals surface area contributed by atoms with Crippen LogP contribution < -0.4 is 0 Å². The first-order valence-corrected chi connectivity index (χ1v) is 6.38. The molecule has 104 valence electrons. The van der Waals surface area contributed by atoms with Gasteiger partial charge in [-0.25, -0.2) is 0 Å². The van der Waals surface area contributed by atoms with Crippen LogP contribution in [0.3, 0.4) is 0 Å². The lowest BCUT2D eigenvalue weighted by Gasteiger charge is -2.08. The zero-order valence-corrected chi connectivity index (χ0v) is 11.3. The molecule has 0 aliphatic rings. The molecule has 21 heavy (non-hydrogen) atoms. The maximum atomic E-state index is 11.3. The van der Waals surface area contributed by atoms with E-state index in [-0.39, 0.29) is 10.6 Å². The largest absolute Gasteiger partial charge is 0.283 e. The molecule has 0 bridgehead atoms. The van der Waals surface area contributed by atoms with Crippen LogP contribution in [0.4, 0.5) is 5.69 Å². The normalized spacial score (nSPS) is 10.5. The van der Waals surface area contributed by atoms with Crippen LogP contribution in [0.1, 0.15) is 5.56 Å². The molecule has 6 heteroatoms. The predicted octanol–water partition coefficient (Wildman–Crippen LogP) is 3.15. The molecule has 0 saturated carbocycles. The highest BCUT2D eigenvalue weighted by Gasteiger charge is 2.22. The van der Waals surface area contributed by atoms with Gasteiger partial charge < -0.3 is 0 Å². The van der Waals surface area contributed by atoms with Crippen molar-refractivity contribution in [3.63, 3.8) is 0 Å². The molecule has 0 aliphatic heterocycles. The van der Waals surface area contributed by atoms with Crippen molar-refractivity contribution in [2.75, 3.05) is 0 Å². The summed E-state index contributed by atoms with van der Waals surface area (Å²) in [6.07, 6.45) is 1.55. The highest BCUT2D eigenvalue weighted by molar-refractivity contribution is 5.71. The summed E-state index contributed by atoms with van der Waals surface area (Å²) in [6.45, 7) is 1.71. The van der Waals surface area contributed by atoms with E-state index >= 15 is 0 Å². The molecule has 0 amide bonds. The minimum absolute atomic E-state index is 0.0580. The quantitative estimate of drug-likeness (QED) is 0.545. The highest BCUT2D eigenvalue weighted by atomic mass is 16.6. The molecule has 1 aromatic heterocycles. The number of aryl methyl sites for hydroxylation is 1. The average molecular weight is 280 g/mol. The van der Waals surface area contributed by atoms with E-state index in [0.717, 1.165) is 5.69 Å². The number of hydrogen-bond acceptors (Lipinski definition) is 4. The minimum Gasteiger partial charge on any atom is -0.281 e. The van der Waals surface area contributed by atoms with E-state index in [9.17, 15) is 10.1 Å². The summed E-state index contributed by atoms with van der Waals surface area (Å²) in [5, 5.41) is 19.3. The van der Waals surface area contributed by atoms with E-state index in [4.69, 9.17) is 0 Å². The fraction of sp³-hybridized carbons (Fsp3) is 0.0667. The number of nitro groups is 1. The molecule has 0 spiro atoms. The predicted molar refractivity (Wildman–Crippen MR) is 78.2 cm³/mol. The monoisotopic (exact) mass is 280 g/mol. The summed E-state index contributed by atoms with van der Waals surface area (Å²) in [5.41, 5.74) is 1.97. The van der Waals surface area contributed by atoms with Crippen molar-refractivity contribution in [2.24, 2.45) is 0 Å². The molecule has 3 rings (SSSR count). The van der Waals surface area contributed by atoms with Gasteiger partial charge in [0.1, 0.15) is 6.33 Å². The van der Waals surface area contributed by atoms with Gasteiger partial charge in [0.05, 0.1) is 10.5 Å². The lowest BCUT2D eigenvalue weighted by molar-refractivity contribution is -0.384. The van der Waals surface area contributed by atoms with Gasteiger partial charge in [-0.3, -0.25) is 14.7 Å². The van der Waals surface area contributed by atoms with Crippen LogP contribution in [0, 0.1) is 17.0 Å². The van der Waals surface area contributed by atoms with E-state index in [0.29, 0.717) is 17.0 Å². The molecule has 1 heterocycles. The highest BCUT2D eigenvalue weighted by Crippen LogP contribution is 2.32. The number of benzene rings is 2. The van der Waals surface area contributed by atoms with Crippen LogP contribution in [0.15, 0.2) is 54.9 Å². The Balaban J connectivity index is 2.22. The first kappa shape index (κ1) is 13.0. The van der Waals surface area contributed by atoms with Crippen molar-refractivity contribution in [3.8, 4) is 17.1 Å². The Bertz CT molecular complexity index is 796. The van der Waals surface area contributed by atoms with Crippen molar-refractivity contribution >= 4 is 5.69 Å². The number of para-hydroxylation sites is 2. The van der Waals surface area contributed by atoms with Gasteiger partial charge >= 0.3 is 0 Å². The van der Waals surface area contributed by atoms with Gasteiger partial charge in [-0.2, -0.15) is 0 Å². The second-order valence-corrected chi connectivity index (χ2v) is 4.59. The molecule has 3 aromatic rings. The van der Waals surface area contributed by atoms with Crippen molar-refractivity contribution < 1.29 is 4.92 Å². The van der Waals surface area contributed by atoms with E-state index in [1.165, 1.54) is 0 Å². The summed E-state index contributed by atoms with van der Waals surface area (Å²) in [5.74, 6) is 0.455. The molecule has 0 aliphatic carbocycles. The zero-order valence-electron chi connectivity index (χ0n) is 11.3. The van der Waals surface area contributed by atoms with Gasteiger partial charge in [0, 0.05) is 11.3 Å². The standard InChI is InChI=1S/C15H12N4O2/c1-11-6-5-9-13(14(11)19(20)21)15-17-16-10-18(15)12-7-3-2-4-8-12/h2-10H,1H3. The Hall–Kier alpha value is -3.02. The average Bonchev–Trinajstić information content (AvgIpc) is 2.96. The molecule has 0 fully saturated rings. The van der Waals surface area contributed by atoms with Crippen LogP contribution in [0.2, 0.25) is 0 Å². The van der Waals surface area contributed by atoms with Crippen LogP contribution in [0.5, 0.6) is 0 Å². The molecular weight excluding hydrogens is 268 g/mol. The Morgan fingerprint density at radius 3 is 2.57 bits per heavy atom. The number of rotatable bonds is 3. The van der Waals surface area contributed by atoms with E-state index in [1.807, 2.05) is 30.3 Å². The Morgan fingerprint density at radius 2 is 1.86 bits per heavy atom. The van der Waals surface area contributed by atoms with E-state index in [1.54, 1.807) is 36.0 Å². The first-order chi connectivity index (χ1) is 10.2. The summed E-state index contributed by atoms with van der Waals surface area (Å²) in [6, 6.07) is 14.7. The topological polar surface area (TPSA) is 73.8 Å². The molecule has 0 radical (unpaired) electrons. The van der Waals surface area contributed by atoms with Crippen LogP contribution in [-0.2, 0) is 0 Å². The smallest absolute Gasteiger partial charge is 0.281 e. The lowest BCUT2D eigenvalue weighted by Crippen LogP contribution is -2.00. The minimum atomic E-state index is -0.380. The van der Waals surface area contributed by atoms with Crippen LogP contribution >= 0.6 is 0 Å². The number of nitrogens with zero attached hydrogens (tertiary/aromatic N) is 4. The zero-order chi connectivity index (χ0) is 14.8. The Kier molecular flexibility index (Phi) is 3.19. The van der Waals surface area contributed by atoms with Crippen LogP contribution in [0.25, 0.3) is 17.1 Å². The maximum Gasteiger partial charge on any atom is 0.283 e. The molecule has 6 nitrogen and oxygen atoms in total. The number of aromatic nitrogens is 3. The van der Waals surface area contributed by atoms with Gasteiger partial charge in [-0.1, -0.05) is 30.3 Å². The van der Waals surface area contributed by atoms with E-state index < -0.39 is 0 Å². The van der Waals surface area contributed by atoms with Gasteiger partial charge in [-0.05, 0) is 25.1 Å². The third kappa shape index (κ3) is 2.27. The lowest BCUT2D eigenvalue weighted by atomic mass is 10.1. The Labute approximate surface area is 120 Å². The molecule has 0 unspecified atom stereocenters. The maximum absolute atomic E-state index is 11.3. The van der Waals surface area contributed by atoms with Gasteiger partial charge in [-0.15, -0.1) is 10.2 Å². The fourth-order valence-electron chi connectivity index (χ4n) is 2.28. The van der Waals surface area contributed by atoms with Gasteiger partial charge in [0.2, 0.25) is 0 Å². The molecule has 2 aromatic carbocycles. The summed E-state index contributed by atoms with van der Waals surface area (Å²) in [4.78, 5) is 11.0. The van der Waals surface area contributed by atoms with Gasteiger partial charge in [0.25, 0.3) is 5.69 Å². The summed E-state index contributed by atoms with van der Waals surface area (Å²) in [7, 11) is 0. The molecule has 0 saturated heterocycles. The van der Waals surface area contributed by atoms with Crippen molar-refractivity contribution in [2.45, 2.75) is 6.92 Å². The SMILES string of the molecule is Cc1cccc(-c2nncn2-c2ccccc2)c1[N+](=O)[O-]. The third-order valence-electron chi connectivity index (χ3n) is 3.24. The van der Waals surface area contributed by atoms with Crippen molar-refractivity contribution in [1.82, 2.24) is 14.8 Å². The molecular formula is C15H12N4O2. The fourth-order valence-corrected chi connectivity index (χ4v) is 2.28. The number of hydrogen-bond donors (Lipinski definition) is 0. The van der Waals surface area contributed by atoms with Gasteiger partial charge in [0.15, 0.2) is 5.82 Å². The first-order valence-electron chi connectivity index (χ1n) is 6.38. The summed E-state index contributed by atoms with van der Waals surface area (Å²) < 4.78 is 1.74. The Morgan fingerprint density at radius 1 is 1.10 bits per heavy atom. The second kappa shape index (κ2) is 5.16. The molecule has 0 N–H and O–H groups in total. The van der Waals surface area contributed by atoms with Crippen molar-refractivity contribution in [1.29, 1.82) is 0 Å². The van der Waals surface area contributed by atoms with Crippen molar-refractivity contribution in [3.05, 3.63) is 70.5 Å². The van der Waals surface area contributed by atoms with Crippen LogP contribution in [-0.4, -0.2) is 19.7 Å².